The van der Waals surface area contributed by atoms with Crippen LogP contribution in [0.4, 0.5) is 0 Å². The Labute approximate surface area is 163 Å². The summed E-state index contributed by atoms with van der Waals surface area (Å²) in [5.74, 6) is -1.98. The smallest absolute Gasteiger partial charge is 0.336 e. The Morgan fingerprint density at radius 2 is 1.72 bits per heavy atom. The zero-order valence-electron chi connectivity index (χ0n) is 15.2. The second kappa shape index (κ2) is 6.90. The highest BCUT2D eigenvalue weighted by Crippen LogP contribution is 2.26. The molecular weight excluding hydrogens is 378 g/mol. The van der Waals surface area contributed by atoms with Crippen LogP contribution in [0.5, 0.6) is 5.75 Å². The average molecular weight is 393 g/mol. The van der Waals surface area contributed by atoms with E-state index in [1.807, 2.05) is 0 Å². The second-order valence-electron chi connectivity index (χ2n) is 6.58. The van der Waals surface area contributed by atoms with Crippen LogP contribution in [0.3, 0.4) is 0 Å². The number of ether oxygens (including phenoxy) is 1. The van der Waals surface area contributed by atoms with Crippen molar-refractivity contribution >= 4 is 28.8 Å². The third kappa shape index (κ3) is 3.14. The van der Waals surface area contributed by atoms with Crippen LogP contribution < -0.4 is 5.63 Å². The van der Waals surface area contributed by atoms with E-state index in [4.69, 9.17) is 9.15 Å². The molecule has 1 N–H and O–H groups in total. The van der Waals surface area contributed by atoms with Gasteiger partial charge in [0.2, 0.25) is 0 Å². The molecule has 146 valence electrons. The van der Waals surface area contributed by atoms with Gasteiger partial charge in [0, 0.05) is 23.1 Å². The van der Waals surface area contributed by atoms with Crippen molar-refractivity contribution in [1.82, 2.24) is 4.90 Å². The molecule has 1 aromatic heterocycles. The fourth-order valence-electron chi connectivity index (χ4n) is 3.27. The Bertz CT molecular complexity index is 1190. The highest BCUT2D eigenvalue weighted by Gasteiger charge is 2.41. The van der Waals surface area contributed by atoms with Gasteiger partial charge in [-0.05, 0) is 31.2 Å². The van der Waals surface area contributed by atoms with Gasteiger partial charge in [0.15, 0.2) is 0 Å². The molecule has 1 aliphatic heterocycles. The van der Waals surface area contributed by atoms with Crippen LogP contribution in [0.25, 0.3) is 11.0 Å². The number of phenolic OH excluding ortho intramolecular Hbond substituents is 1. The van der Waals surface area contributed by atoms with Crippen molar-refractivity contribution in [2.45, 2.75) is 19.6 Å². The van der Waals surface area contributed by atoms with E-state index < -0.39 is 29.5 Å². The van der Waals surface area contributed by atoms with Crippen molar-refractivity contribution in [3.63, 3.8) is 0 Å². The van der Waals surface area contributed by atoms with Gasteiger partial charge in [-0.3, -0.25) is 14.5 Å². The topological polar surface area (TPSA) is 114 Å². The van der Waals surface area contributed by atoms with Gasteiger partial charge < -0.3 is 14.3 Å². The molecule has 1 aliphatic rings. The number of aromatic hydroxyl groups is 1. The maximum absolute atomic E-state index is 12.5. The lowest BCUT2D eigenvalue weighted by atomic mass is 10.1. The number of benzene rings is 2. The summed E-state index contributed by atoms with van der Waals surface area (Å²) in [4.78, 5) is 50.1. The van der Waals surface area contributed by atoms with Gasteiger partial charge in [0.05, 0.1) is 11.1 Å². The first-order valence-corrected chi connectivity index (χ1v) is 8.76. The monoisotopic (exact) mass is 393 g/mol. The molecule has 2 heterocycles. The molecule has 0 bridgehead atoms. The Balaban J connectivity index is 1.54. The maximum atomic E-state index is 12.5. The number of imide groups is 1. The first-order chi connectivity index (χ1) is 13.9. The van der Waals surface area contributed by atoms with E-state index in [-0.39, 0.29) is 29.1 Å². The summed E-state index contributed by atoms with van der Waals surface area (Å²) in [5, 5.41) is 10.0. The van der Waals surface area contributed by atoms with E-state index in [2.05, 4.69) is 0 Å². The molecule has 0 saturated carbocycles. The van der Waals surface area contributed by atoms with Gasteiger partial charge in [-0.15, -0.1) is 0 Å². The standard InChI is InChI=1S/C21H15NO7/c1-11(22-19(25)15-4-2-3-5-16(15)20(22)26)21(27)28-10-12-8-18(24)29-17-9-13(23)6-7-14(12)17/h2-9,11,23H,10H2,1H3/t11-/m0/s1. The summed E-state index contributed by atoms with van der Waals surface area (Å²) in [6.45, 7) is 1.14. The molecule has 3 aromatic rings. The molecule has 2 aromatic carbocycles. The van der Waals surface area contributed by atoms with E-state index in [0.717, 1.165) is 4.90 Å². The molecule has 4 rings (SSSR count). The number of nitrogens with zero attached hydrogens (tertiary/aromatic N) is 1. The van der Waals surface area contributed by atoms with E-state index in [9.17, 15) is 24.3 Å². The Morgan fingerprint density at radius 1 is 1.07 bits per heavy atom. The van der Waals surface area contributed by atoms with Crippen molar-refractivity contribution in [2.24, 2.45) is 0 Å². The third-order valence-corrected chi connectivity index (χ3v) is 4.74. The van der Waals surface area contributed by atoms with Gasteiger partial charge in [-0.25, -0.2) is 9.59 Å². The first-order valence-electron chi connectivity index (χ1n) is 8.76. The lowest BCUT2D eigenvalue weighted by Crippen LogP contribution is -2.43. The van der Waals surface area contributed by atoms with Crippen molar-refractivity contribution in [2.75, 3.05) is 0 Å². The summed E-state index contributed by atoms with van der Waals surface area (Å²) < 4.78 is 10.3. The number of esters is 1. The molecule has 2 amide bonds. The molecule has 0 spiro atoms. The Morgan fingerprint density at radius 3 is 2.38 bits per heavy atom. The average Bonchev–Trinajstić information content (AvgIpc) is 2.95. The molecule has 0 radical (unpaired) electrons. The highest BCUT2D eigenvalue weighted by atomic mass is 16.5. The van der Waals surface area contributed by atoms with E-state index in [0.29, 0.717) is 10.9 Å². The van der Waals surface area contributed by atoms with Crippen molar-refractivity contribution < 1.29 is 28.6 Å². The van der Waals surface area contributed by atoms with E-state index in [1.165, 1.54) is 43.3 Å². The molecule has 8 heteroatoms. The highest BCUT2D eigenvalue weighted by molar-refractivity contribution is 6.22. The molecule has 0 aliphatic carbocycles. The number of rotatable bonds is 4. The molecule has 29 heavy (non-hydrogen) atoms. The minimum atomic E-state index is -1.14. The molecule has 0 unspecified atom stereocenters. The fraction of sp³-hybridized carbons (Fsp3) is 0.143. The van der Waals surface area contributed by atoms with Gasteiger partial charge >= 0.3 is 11.6 Å². The Hall–Kier alpha value is -3.94. The SMILES string of the molecule is C[C@@H](C(=O)OCc1cc(=O)oc2cc(O)ccc12)N1C(=O)c2ccccc2C1=O. The van der Waals surface area contributed by atoms with Crippen LogP contribution in [0.1, 0.15) is 33.2 Å². The van der Waals surface area contributed by atoms with Gasteiger partial charge in [-0.2, -0.15) is 0 Å². The van der Waals surface area contributed by atoms with Crippen molar-refractivity contribution in [3.8, 4) is 5.75 Å². The number of hydrogen-bond acceptors (Lipinski definition) is 7. The zero-order valence-corrected chi connectivity index (χ0v) is 15.2. The molecule has 0 saturated heterocycles. The number of fused-ring (bicyclic) bond motifs is 2. The predicted molar refractivity (Wildman–Crippen MR) is 100 cm³/mol. The van der Waals surface area contributed by atoms with Crippen LogP contribution >= 0.6 is 0 Å². The van der Waals surface area contributed by atoms with Crippen molar-refractivity contribution in [3.05, 3.63) is 75.6 Å². The summed E-state index contributed by atoms with van der Waals surface area (Å²) in [6, 6.07) is 10.6. The number of amides is 2. The summed E-state index contributed by atoms with van der Waals surface area (Å²) in [6.07, 6.45) is 0. The quantitative estimate of drug-likeness (QED) is 0.411. The third-order valence-electron chi connectivity index (χ3n) is 4.74. The lowest BCUT2D eigenvalue weighted by molar-refractivity contribution is -0.149. The normalized spacial score (nSPS) is 14.2. The largest absolute Gasteiger partial charge is 0.508 e. The minimum Gasteiger partial charge on any atom is -0.508 e. The predicted octanol–water partition coefficient (Wildman–Crippen LogP) is 2.23. The number of phenols is 1. The van der Waals surface area contributed by atoms with Gasteiger partial charge in [0.1, 0.15) is 24.0 Å². The van der Waals surface area contributed by atoms with E-state index >= 15 is 0 Å². The maximum Gasteiger partial charge on any atom is 0.336 e. The van der Waals surface area contributed by atoms with Crippen LogP contribution in [0.15, 0.2) is 57.7 Å². The second-order valence-corrected chi connectivity index (χ2v) is 6.58. The summed E-state index contributed by atoms with van der Waals surface area (Å²) in [5.41, 5.74) is 0.339. The molecule has 1 atom stereocenters. The number of carbonyl (C=O) groups is 3. The van der Waals surface area contributed by atoms with Crippen LogP contribution in [0, 0.1) is 0 Å². The van der Waals surface area contributed by atoms with Crippen LogP contribution in [-0.2, 0) is 16.1 Å². The molecule has 8 nitrogen and oxygen atoms in total. The summed E-state index contributed by atoms with van der Waals surface area (Å²) in [7, 11) is 0. The van der Waals surface area contributed by atoms with Crippen molar-refractivity contribution in [1.29, 1.82) is 0 Å². The summed E-state index contributed by atoms with van der Waals surface area (Å²) >= 11 is 0. The van der Waals surface area contributed by atoms with Gasteiger partial charge in [0.25, 0.3) is 11.8 Å². The first kappa shape index (κ1) is 18.4. The number of hydrogen-bond donors (Lipinski definition) is 1. The zero-order chi connectivity index (χ0) is 20.7. The Kier molecular flexibility index (Phi) is 4.38. The van der Waals surface area contributed by atoms with Crippen LogP contribution in [-0.4, -0.2) is 33.8 Å². The van der Waals surface area contributed by atoms with E-state index in [1.54, 1.807) is 12.1 Å². The fourth-order valence-corrected chi connectivity index (χ4v) is 3.27. The number of carbonyl (C=O) groups excluding carboxylic acids is 3. The van der Waals surface area contributed by atoms with Crippen LogP contribution in [0.2, 0.25) is 0 Å². The minimum absolute atomic E-state index is 0.0750. The molecular formula is C21H15NO7. The molecule has 0 fully saturated rings. The van der Waals surface area contributed by atoms with Gasteiger partial charge in [-0.1, -0.05) is 12.1 Å². The lowest BCUT2D eigenvalue weighted by Gasteiger charge is -2.21.